The van der Waals surface area contributed by atoms with E-state index in [1.54, 1.807) is 0 Å². The number of hydrogen-bond acceptors (Lipinski definition) is 1. The summed E-state index contributed by atoms with van der Waals surface area (Å²) in [7, 11) is 0. The molecule has 0 aromatic heterocycles. The van der Waals surface area contributed by atoms with Crippen molar-refractivity contribution in [2.45, 2.75) is 44.7 Å². The fourth-order valence-corrected chi connectivity index (χ4v) is 3.99. The zero-order valence-corrected chi connectivity index (χ0v) is 12.4. The first-order valence-electron chi connectivity index (χ1n) is 7.03. The normalized spacial score (nSPS) is 27.5. The van der Waals surface area contributed by atoms with Crippen molar-refractivity contribution in [1.82, 2.24) is 4.90 Å². The predicted octanol–water partition coefficient (Wildman–Crippen LogP) is 4.49. The second kappa shape index (κ2) is 5.49. The zero-order valence-electron chi connectivity index (χ0n) is 10.8. The van der Waals surface area contributed by atoms with Crippen LogP contribution in [0.5, 0.6) is 0 Å². The molecule has 1 aromatic carbocycles. The largest absolute Gasteiger partial charge is 0.296 e. The van der Waals surface area contributed by atoms with E-state index in [2.05, 4.69) is 20.8 Å². The summed E-state index contributed by atoms with van der Waals surface area (Å²) in [6.07, 6.45) is 6.21. The third kappa shape index (κ3) is 2.57. The molecule has 0 N–H and O–H groups in total. The molecule has 1 saturated carbocycles. The van der Waals surface area contributed by atoms with Gasteiger partial charge in [0.05, 0.1) is 4.47 Å². The van der Waals surface area contributed by atoms with Crippen LogP contribution in [0, 0.1) is 17.6 Å². The van der Waals surface area contributed by atoms with Crippen molar-refractivity contribution in [2.75, 3.05) is 6.54 Å². The van der Waals surface area contributed by atoms with E-state index >= 15 is 0 Å². The van der Waals surface area contributed by atoms with Crippen LogP contribution >= 0.6 is 15.9 Å². The molecule has 1 saturated heterocycles. The molecule has 3 rings (SSSR count). The Hall–Kier alpha value is -0.480. The molecule has 4 heteroatoms. The molecule has 0 bridgehead atoms. The number of halogens is 3. The van der Waals surface area contributed by atoms with Crippen LogP contribution in [0.15, 0.2) is 16.6 Å². The van der Waals surface area contributed by atoms with Gasteiger partial charge < -0.3 is 0 Å². The van der Waals surface area contributed by atoms with Crippen LogP contribution in [-0.4, -0.2) is 17.5 Å². The van der Waals surface area contributed by atoms with E-state index in [4.69, 9.17) is 0 Å². The minimum absolute atomic E-state index is 0.209. The molecule has 19 heavy (non-hydrogen) atoms. The molecule has 104 valence electrons. The van der Waals surface area contributed by atoms with E-state index in [-0.39, 0.29) is 5.56 Å². The van der Waals surface area contributed by atoms with E-state index in [1.165, 1.54) is 44.2 Å². The van der Waals surface area contributed by atoms with Crippen molar-refractivity contribution in [2.24, 2.45) is 5.92 Å². The van der Waals surface area contributed by atoms with Gasteiger partial charge >= 0.3 is 0 Å². The van der Waals surface area contributed by atoms with E-state index in [0.29, 0.717) is 17.1 Å². The minimum atomic E-state index is -0.445. The van der Waals surface area contributed by atoms with Crippen molar-refractivity contribution in [3.63, 3.8) is 0 Å². The third-order valence-electron chi connectivity index (χ3n) is 4.63. The highest BCUT2D eigenvalue weighted by atomic mass is 79.9. The van der Waals surface area contributed by atoms with Gasteiger partial charge in [0.2, 0.25) is 0 Å². The van der Waals surface area contributed by atoms with Crippen molar-refractivity contribution < 1.29 is 8.78 Å². The van der Waals surface area contributed by atoms with E-state index in [0.717, 1.165) is 12.5 Å². The lowest BCUT2D eigenvalue weighted by Gasteiger charge is -2.31. The lowest BCUT2D eigenvalue weighted by atomic mass is 9.85. The van der Waals surface area contributed by atoms with Crippen LogP contribution in [0.2, 0.25) is 0 Å². The van der Waals surface area contributed by atoms with Crippen molar-refractivity contribution in [3.05, 3.63) is 33.8 Å². The number of benzene rings is 1. The average Bonchev–Trinajstić information content (AvgIpc) is 2.83. The van der Waals surface area contributed by atoms with Gasteiger partial charge in [0.1, 0.15) is 11.6 Å². The third-order valence-corrected chi connectivity index (χ3v) is 5.24. The fraction of sp³-hybridized carbons (Fsp3) is 0.600. The molecule has 1 heterocycles. The van der Waals surface area contributed by atoms with Gasteiger partial charge in [-0.25, -0.2) is 8.78 Å². The molecular formula is C15H18BrF2N. The molecule has 1 aromatic rings. The summed E-state index contributed by atoms with van der Waals surface area (Å²) in [4.78, 5) is 2.28. The van der Waals surface area contributed by atoms with Crippen LogP contribution in [-0.2, 0) is 6.54 Å². The zero-order chi connectivity index (χ0) is 13.4. The first kappa shape index (κ1) is 13.5. The number of nitrogens with zero attached hydrogens (tertiary/aromatic N) is 1. The minimum Gasteiger partial charge on any atom is -0.296 e. The van der Waals surface area contributed by atoms with E-state index < -0.39 is 11.6 Å². The van der Waals surface area contributed by atoms with Gasteiger partial charge in [0.15, 0.2) is 0 Å². The van der Waals surface area contributed by atoms with Crippen LogP contribution in [0.25, 0.3) is 0 Å². The Morgan fingerprint density at radius 1 is 1.16 bits per heavy atom. The topological polar surface area (TPSA) is 3.24 Å². The molecule has 0 amide bonds. The van der Waals surface area contributed by atoms with Crippen LogP contribution in [0.4, 0.5) is 8.78 Å². The molecule has 2 aliphatic rings. The summed E-state index contributed by atoms with van der Waals surface area (Å²) in [6, 6.07) is 3.31. The van der Waals surface area contributed by atoms with Crippen LogP contribution < -0.4 is 0 Å². The van der Waals surface area contributed by atoms with E-state index in [1.807, 2.05) is 0 Å². The lowest BCUT2D eigenvalue weighted by Crippen LogP contribution is -2.34. The Balaban J connectivity index is 1.80. The first-order valence-corrected chi connectivity index (χ1v) is 7.82. The van der Waals surface area contributed by atoms with Crippen LogP contribution in [0.3, 0.4) is 0 Å². The van der Waals surface area contributed by atoms with Gasteiger partial charge in [-0.15, -0.1) is 0 Å². The Bertz CT molecular complexity index is 477. The molecule has 2 fully saturated rings. The standard InChI is InChI=1S/C15H18BrF2N/c16-12-5-6-13(17)11(15(12)18)9-19-8-7-10-3-1-2-4-14(10)19/h5-6,10,14H,1-4,7-9H2. The van der Waals surface area contributed by atoms with Gasteiger partial charge in [-0.05, 0) is 59.8 Å². The number of hydrogen-bond donors (Lipinski definition) is 0. The van der Waals surface area contributed by atoms with E-state index in [9.17, 15) is 8.78 Å². The smallest absolute Gasteiger partial charge is 0.144 e. The summed E-state index contributed by atoms with van der Waals surface area (Å²) in [5.74, 6) is -0.133. The Kier molecular flexibility index (Phi) is 3.90. The summed E-state index contributed by atoms with van der Waals surface area (Å²) < 4.78 is 28.2. The van der Waals surface area contributed by atoms with Crippen molar-refractivity contribution in [1.29, 1.82) is 0 Å². The molecule has 2 unspecified atom stereocenters. The summed E-state index contributed by atoms with van der Waals surface area (Å²) in [5, 5.41) is 0. The van der Waals surface area contributed by atoms with Gasteiger partial charge in [0, 0.05) is 18.2 Å². The quantitative estimate of drug-likeness (QED) is 0.722. The van der Waals surface area contributed by atoms with Crippen molar-refractivity contribution in [3.8, 4) is 0 Å². The van der Waals surface area contributed by atoms with Gasteiger partial charge in [0.25, 0.3) is 0 Å². The maximum Gasteiger partial charge on any atom is 0.144 e. The summed E-state index contributed by atoms with van der Waals surface area (Å²) in [5.41, 5.74) is 0.209. The fourth-order valence-electron chi connectivity index (χ4n) is 3.62. The van der Waals surface area contributed by atoms with Gasteiger partial charge in [-0.2, -0.15) is 0 Å². The number of fused-ring (bicyclic) bond motifs is 1. The second-order valence-electron chi connectivity index (χ2n) is 5.69. The maximum atomic E-state index is 14.0. The van der Waals surface area contributed by atoms with Crippen LogP contribution in [0.1, 0.15) is 37.7 Å². The monoisotopic (exact) mass is 329 g/mol. The molecule has 1 nitrogen and oxygen atoms in total. The lowest BCUT2D eigenvalue weighted by molar-refractivity contribution is 0.172. The average molecular weight is 330 g/mol. The number of likely N-dealkylation sites (tertiary alicyclic amines) is 1. The molecule has 0 radical (unpaired) electrons. The summed E-state index contributed by atoms with van der Waals surface area (Å²) in [6.45, 7) is 1.37. The predicted molar refractivity (Wildman–Crippen MR) is 74.8 cm³/mol. The highest BCUT2D eigenvalue weighted by Gasteiger charge is 2.36. The number of rotatable bonds is 2. The first-order chi connectivity index (χ1) is 9.16. The molecular weight excluding hydrogens is 312 g/mol. The highest BCUT2D eigenvalue weighted by molar-refractivity contribution is 9.10. The maximum absolute atomic E-state index is 14.0. The molecule has 1 aliphatic heterocycles. The molecule has 2 atom stereocenters. The van der Waals surface area contributed by atoms with Gasteiger partial charge in [-0.1, -0.05) is 12.8 Å². The highest BCUT2D eigenvalue weighted by Crippen LogP contribution is 2.37. The Morgan fingerprint density at radius 2 is 1.95 bits per heavy atom. The second-order valence-corrected chi connectivity index (χ2v) is 6.55. The SMILES string of the molecule is Fc1ccc(Br)c(F)c1CN1CCC2CCCCC21. The van der Waals surface area contributed by atoms with Gasteiger partial charge in [-0.3, -0.25) is 4.90 Å². The van der Waals surface area contributed by atoms with Crippen molar-refractivity contribution >= 4 is 15.9 Å². The Morgan fingerprint density at radius 3 is 2.79 bits per heavy atom. The Labute approximate surface area is 121 Å². The molecule has 0 spiro atoms. The molecule has 1 aliphatic carbocycles. The summed E-state index contributed by atoms with van der Waals surface area (Å²) >= 11 is 3.14.